The Morgan fingerprint density at radius 3 is 2.00 bits per heavy atom. The average molecular weight is 602 g/mol. The molecule has 11 heteroatoms. The van der Waals surface area contributed by atoms with E-state index in [0.29, 0.717) is 16.5 Å². The molecule has 1 atom stereocenters. The summed E-state index contributed by atoms with van der Waals surface area (Å²) in [6.45, 7) is 6.64. The van der Waals surface area contributed by atoms with Gasteiger partial charge in [0.25, 0.3) is 10.0 Å². The molecule has 0 aliphatic heterocycles. The Morgan fingerprint density at radius 1 is 0.927 bits per heavy atom. The number of benzene rings is 3. The number of ether oxygens (including phenoxy) is 2. The van der Waals surface area contributed by atoms with Crippen LogP contribution in [0.4, 0.5) is 5.69 Å². The van der Waals surface area contributed by atoms with Gasteiger partial charge in [0, 0.05) is 17.1 Å². The molecule has 41 heavy (non-hydrogen) atoms. The summed E-state index contributed by atoms with van der Waals surface area (Å²) in [5.74, 6) is 0.183. The van der Waals surface area contributed by atoms with Crippen LogP contribution >= 0.6 is 11.6 Å². The van der Waals surface area contributed by atoms with Crippen molar-refractivity contribution in [2.45, 2.75) is 50.7 Å². The molecule has 2 amide bonds. The van der Waals surface area contributed by atoms with E-state index in [1.54, 1.807) is 56.5 Å². The molecular formula is C30H36ClN3O6S. The summed E-state index contributed by atoms with van der Waals surface area (Å²) in [5, 5.41) is 3.21. The quantitative estimate of drug-likeness (QED) is 0.336. The van der Waals surface area contributed by atoms with Crippen molar-refractivity contribution in [2.75, 3.05) is 25.1 Å². The Kier molecular flexibility index (Phi) is 10.3. The van der Waals surface area contributed by atoms with Crippen molar-refractivity contribution in [1.29, 1.82) is 0 Å². The van der Waals surface area contributed by atoms with E-state index in [0.717, 1.165) is 9.87 Å². The summed E-state index contributed by atoms with van der Waals surface area (Å²) in [6, 6.07) is 18.3. The van der Waals surface area contributed by atoms with Crippen molar-refractivity contribution in [2.24, 2.45) is 0 Å². The van der Waals surface area contributed by atoms with Gasteiger partial charge in [-0.1, -0.05) is 29.8 Å². The Morgan fingerprint density at radius 2 is 1.49 bits per heavy atom. The number of amides is 2. The van der Waals surface area contributed by atoms with Crippen molar-refractivity contribution < 1.29 is 27.5 Å². The van der Waals surface area contributed by atoms with E-state index in [9.17, 15) is 18.0 Å². The lowest BCUT2D eigenvalue weighted by Gasteiger charge is -2.33. The minimum absolute atomic E-state index is 0.0358. The van der Waals surface area contributed by atoms with Crippen LogP contribution in [0.3, 0.4) is 0 Å². The third-order valence-corrected chi connectivity index (χ3v) is 8.22. The van der Waals surface area contributed by atoms with Gasteiger partial charge in [-0.3, -0.25) is 13.9 Å². The first-order chi connectivity index (χ1) is 19.2. The summed E-state index contributed by atoms with van der Waals surface area (Å²) in [4.78, 5) is 28.5. The predicted octanol–water partition coefficient (Wildman–Crippen LogP) is 4.88. The first-order valence-electron chi connectivity index (χ1n) is 12.9. The Hall–Kier alpha value is -3.76. The van der Waals surface area contributed by atoms with Crippen LogP contribution in [0.5, 0.6) is 11.5 Å². The maximum atomic E-state index is 14.0. The number of methoxy groups -OCH3 is 2. The van der Waals surface area contributed by atoms with E-state index in [2.05, 4.69) is 5.32 Å². The van der Waals surface area contributed by atoms with Gasteiger partial charge in [0.1, 0.15) is 24.1 Å². The number of hydrogen-bond donors (Lipinski definition) is 1. The summed E-state index contributed by atoms with van der Waals surface area (Å²) in [7, 11) is -1.19. The molecule has 220 valence electrons. The van der Waals surface area contributed by atoms with Gasteiger partial charge in [-0.15, -0.1) is 0 Å². The van der Waals surface area contributed by atoms with Gasteiger partial charge in [-0.2, -0.15) is 0 Å². The summed E-state index contributed by atoms with van der Waals surface area (Å²) < 4.78 is 39.2. The number of rotatable bonds is 11. The van der Waals surface area contributed by atoms with Crippen LogP contribution in [0.25, 0.3) is 0 Å². The lowest BCUT2D eigenvalue weighted by atomic mass is 10.1. The molecule has 9 nitrogen and oxygen atoms in total. The number of nitrogens with zero attached hydrogens (tertiary/aromatic N) is 2. The molecule has 0 heterocycles. The molecule has 0 spiro atoms. The van der Waals surface area contributed by atoms with Gasteiger partial charge in [0.15, 0.2) is 0 Å². The molecule has 3 rings (SSSR count). The second-order valence-electron chi connectivity index (χ2n) is 10.5. The molecule has 0 saturated carbocycles. The molecule has 0 saturated heterocycles. The van der Waals surface area contributed by atoms with Crippen molar-refractivity contribution in [3.63, 3.8) is 0 Å². The Bertz CT molecular complexity index is 1450. The van der Waals surface area contributed by atoms with Gasteiger partial charge < -0.3 is 19.7 Å². The molecule has 0 aliphatic rings. The molecule has 0 fully saturated rings. The van der Waals surface area contributed by atoms with Crippen molar-refractivity contribution in [1.82, 2.24) is 10.2 Å². The lowest BCUT2D eigenvalue weighted by Crippen LogP contribution is -2.54. The van der Waals surface area contributed by atoms with Crippen LogP contribution in [0, 0.1) is 0 Å². The van der Waals surface area contributed by atoms with Crippen molar-refractivity contribution in [3.8, 4) is 11.5 Å². The SMILES string of the molecule is COc1ccc(CN(C(=O)CN(c2cccc(Cl)c2)S(=O)(=O)c2ccc(OC)cc2)[C@@H](C)C(=O)NC(C)(C)C)cc1. The highest BCUT2D eigenvalue weighted by molar-refractivity contribution is 7.92. The van der Waals surface area contributed by atoms with Gasteiger partial charge in [-0.05, 0) is 87.9 Å². The highest BCUT2D eigenvalue weighted by Crippen LogP contribution is 2.28. The van der Waals surface area contributed by atoms with E-state index in [1.807, 2.05) is 20.8 Å². The third kappa shape index (κ3) is 8.37. The number of carbonyl (C=O) groups is 2. The van der Waals surface area contributed by atoms with Crippen LogP contribution < -0.4 is 19.1 Å². The van der Waals surface area contributed by atoms with E-state index in [4.69, 9.17) is 21.1 Å². The fraction of sp³-hybridized carbons (Fsp3) is 0.333. The summed E-state index contributed by atoms with van der Waals surface area (Å²) in [5.41, 5.74) is 0.407. The molecule has 3 aromatic carbocycles. The largest absolute Gasteiger partial charge is 0.497 e. The molecule has 1 N–H and O–H groups in total. The predicted molar refractivity (Wildman–Crippen MR) is 160 cm³/mol. The zero-order valence-electron chi connectivity index (χ0n) is 24.0. The fourth-order valence-corrected chi connectivity index (χ4v) is 5.61. The number of halogens is 1. The van der Waals surface area contributed by atoms with Crippen molar-refractivity contribution >= 4 is 39.1 Å². The molecule has 3 aromatic rings. The second-order valence-corrected chi connectivity index (χ2v) is 12.8. The average Bonchev–Trinajstić information content (AvgIpc) is 2.93. The normalized spacial score (nSPS) is 12.3. The zero-order valence-corrected chi connectivity index (χ0v) is 25.6. The number of sulfonamides is 1. The van der Waals surface area contributed by atoms with Gasteiger partial charge >= 0.3 is 0 Å². The van der Waals surface area contributed by atoms with E-state index >= 15 is 0 Å². The minimum atomic E-state index is -4.23. The van der Waals surface area contributed by atoms with Crippen molar-refractivity contribution in [3.05, 3.63) is 83.4 Å². The first-order valence-corrected chi connectivity index (χ1v) is 14.7. The van der Waals surface area contributed by atoms with E-state index in [-0.39, 0.29) is 23.0 Å². The molecule has 0 aliphatic carbocycles. The second kappa shape index (κ2) is 13.3. The van der Waals surface area contributed by atoms with Gasteiger partial charge in [-0.25, -0.2) is 8.42 Å². The monoisotopic (exact) mass is 601 g/mol. The van der Waals surface area contributed by atoms with Crippen LogP contribution in [-0.4, -0.2) is 57.5 Å². The number of carbonyl (C=O) groups excluding carboxylic acids is 2. The maximum Gasteiger partial charge on any atom is 0.264 e. The highest BCUT2D eigenvalue weighted by atomic mass is 35.5. The van der Waals surface area contributed by atoms with Crippen LogP contribution in [-0.2, 0) is 26.2 Å². The minimum Gasteiger partial charge on any atom is -0.497 e. The molecule has 0 unspecified atom stereocenters. The third-order valence-electron chi connectivity index (χ3n) is 6.20. The molecule has 0 aromatic heterocycles. The molecule has 0 radical (unpaired) electrons. The first kappa shape index (κ1) is 31.8. The standard InChI is InChI=1S/C30H36ClN3O6S/c1-21(29(36)32-30(2,3)4)33(19-22-10-12-25(39-5)13-11-22)28(35)20-34(24-9-7-8-23(31)18-24)41(37,38)27-16-14-26(40-6)15-17-27/h7-18,21H,19-20H2,1-6H3,(H,32,36)/t21-/m0/s1. The van der Waals surface area contributed by atoms with Crippen LogP contribution in [0.1, 0.15) is 33.3 Å². The topological polar surface area (TPSA) is 105 Å². The van der Waals surface area contributed by atoms with Gasteiger partial charge in [0.2, 0.25) is 11.8 Å². The maximum absolute atomic E-state index is 14.0. The number of hydrogen-bond acceptors (Lipinski definition) is 6. The smallest absolute Gasteiger partial charge is 0.264 e. The Balaban J connectivity index is 2.03. The fourth-order valence-electron chi connectivity index (χ4n) is 4.02. The van der Waals surface area contributed by atoms with Gasteiger partial charge in [0.05, 0.1) is 24.8 Å². The highest BCUT2D eigenvalue weighted by Gasteiger charge is 2.33. The summed E-state index contributed by atoms with van der Waals surface area (Å²) >= 11 is 6.21. The van der Waals surface area contributed by atoms with Crippen LogP contribution in [0.15, 0.2) is 77.7 Å². The van der Waals surface area contributed by atoms with E-state index in [1.165, 1.54) is 42.3 Å². The number of anilines is 1. The van der Waals surface area contributed by atoms with E-state index < -0.39 is 34.1 Å². The Labute approximate surface area is 247 Å². The summed E-state index contributed by atoms with van der Waals surface area (Å²) in [6.07, 6.45) is 0. The lowest BCUT2D eigenvalue weighted by molar-refractivity contribution is -0.140. The molecule has 0 bridgehead atoms. The zero-order chi connectivity index (χ0) is 30.4. The van der Waals surface area contributed by atoms with Crippen LogP contribution in [0.2, 0.25) is 5.02 Å². The molecular weight excluding hydrogens is 566 g/mol. The number of nitrogens with one attached hydrogen (secondary N) is 1.